The summed E-state index contributed by atoms with van der Waals surface area (Å²) >= 11 is 0. The van der Waals surface area contributed by atoms with Crippen molar-refractivity contribution in [2.24, 2.45) is 0 Å². The van der Waals surface area contributed by atoms with Crippen molar-refractivity contribution < 1.29 is 9.84 Å². The van der Waals surface area contributed by atoms with Gasteiger partial charge in [-0.25, -0.2) is 0 Å². The Labute approximate surface area is 296 Å². The molecule has 0 atom stereocenters. The van der Waals surface area contributed by atoms with Gasteiger partial charge in [-0.1, -0.05) is 145 Å². The SMILES string of the molecule is Oc1cc(-c2cccc(-c3ccc4c(c3)Oc3ccccc3B4c3ccccc3)c2)cc(-c2ccc3c4ccccc4c4ccccc4c3c2)c1. The van der Waals surface area contributed by atoms with Gasteiger partial charge in [0.25, 0.3) is 6.71 Å². The Balaban J connectivity index is 1.04. The normalized spacial score (nSPS) is 12.1. The first kappa shape index (κ1) is 29.4. The third kappa shape index (κ3) is 4.97. The van der Waals surface area contributed by atoms with Gasteiger partial charge in [0.1, 0.15) is 17.2 Å². The van der Waals surface area contributed by atoms with Crippen molar-refractivity contribution in [2.45, 2.75) is 0 Å². The van der Waals surface area contributed by atoms with Crippen molar-refractivity contribution in [2.75, 3.05) is 0 Å². The summed E-state index contributed by atoms with van der Waals surface area (Å²) in [6.07, 6.45) is 0. The highest BCUT2D eigenvalue weighted by molar-refractivity contribution is 6.96. The van der Waals surface area contributed by atoms with Crippen LogP contribution in [-0.2, 0) is 0 Å². The number of phenols is 1. The van der Waals surface area contributed by atoms with E-state index in [4.69, 9.17) is 4.74 Å². The molecule has 0 fully saturated rings. The molecule has 0 bridgehead atoms. The van der Waals surface area contributed by atoms with E-state index in [0.717, 1.165) is 50.3 Å². The molecule has 10 rings (SSSR count). The molecule has 3 heteroatoms. The molecule has 238 valence electrons. The van der Waals surface area contributed by atoms with Gasteiger partial charge in [0, 0.05) is 0 Å². The molecule has 0 aromatic heterocycles. The molecule has 0 saturated carbocycles. The van der Waals surface area contributed by atoms with Crippen LogP contribution >= 0.6 is 0 Å². The van der Waals surface area contributed by atoms with E-state index in [1.807, 2.05) is 18.2 Å². The third-order valence-electron chi connectivity index (χ3n) is 10.4. The zero-order valence-electron chi connectivity index (χ0n) is 27.8. The molecule has 2 nitrogen and oxygen atoms in total. The summed E-state index contributed by atoms with van der Waals surface area (Å²) in [5.41, 5.74) is 9.79. The minimum absolute atomic E-state index is 0.101. The Bertz CT molecular complexity index is 2770. The monoisotopic (exact) mass is 650 g/mol. The maximum absolute atomic E-state index is 11.0. The van der Waals surface area contributed by atoms with Crippen LogP contribution in [0.1, 0.15) is 0 Å². The first-order valence-electron chi connectivity index (χ1n) is 17.4. The smallest absolute Gasteiger partial charge is 0.250 e. The number of para-hydroxylation sites is 1. The van der Waals surface area contributed by atoms with E-state index in [-0.39, 0.29) is 12.5 Å². The van der Waals surface area contributed by atoms with Crippen molar-refractivity contribution in [3.8, 4) is 50.6 Å². The van der Waals surface area contributed by atoms with Gasteiger partial charge in [-0.05, 0) is 119 Å². The summed E-state index contributed by atoms with van der Waals surface area (Å²) in [6.45, 7) is 0.101. The number of benzene rings is 9. The number of aromatic hydroxyl groups is 1. The van der Waals surface area contributed by atoms with Crippen molar-refractivity contribution in [1.82, 2.24) is 0 Å². The largest absolute Gasteiger partial charge is 0.508 e. The molecule has 1 aliphatic rings. The molecule has 0 amide bonds. The van der Waals surface area contributed by atoms with Gasteiger partial charge in [0.05, 0.1) is 0 Å². The highest BCUT2D eigenvalue weighted by atomic mass is 16.5. The topological polar surface area (TPSA) is 29.5 Å². The fraction of sp³-hybridized carbons (Fsp3) is 0. The molecule has 1 N–H and O–H groups in total. The van der Waals surface area contributed by atoms with Crippen molar-refractivity contribution in [3.63, 3.8) is 0 Å². The quantitative estimate of drug-likeness (QED) is 0.152. The highest BCUT2D eigenvalue weighted by Gasteiger charge is 2.32. The Morgan fingerprint density at radius 3 is 1.57 bits per heavy atom. The van der Waals surface area contributed by atoms with Gasteiger partial charge in [0.15, 0.2) is 0 Å². The van der Waals surface area contributed by atoms with Gasteiger partial charge >= 0.3 is 0 Å². The van der Waals surface area contributed by atoms with E-state index < -0.39 is 0 Å². The van der Waals surface area contributed by atoms with E-state index in [1.165, 1.54) is 43.2 Å². The van der Waals surface area contributed by atoms with Crippen LogP contribution in [0.5, 0.6) is 17.2 Å². The van der Waals surface area contributed by atoms with Crippen molar-refractivity contribution >= 4 is 55.4 Å². The summed E-state index contributed by atoms with van der Waals surface area (Å²) in [6, 6.07) is 63.9. The van der Waals surface area contributed by atoms with Crippen LogP contribution in [0.2, 0.25) is 0 Å². The van der Waals surface area contributed by atoms with Gasteiger partial charge in [-0.3, -0.25) is 0 Å². The van der Waals surface area contributed by atoms with Crippen LogP contribution in [0.25, 0.3) is 65.7 Å². The molecule has 9 aromatic rings. The lowest BCUT2D eigenvalue weighted by Gasteiger charge is -2.27. The fourth-order valence-corrected chi connectivity index (χ4v) is 8.05. The van der Waals surface area contributed by atoms with E-state index in [9.17, 15) is 5.11 Å². The molecular weight excluding hydrogens is 619 g/mol. The Kier molecular flexibility index (Phi) is 6.78. The van der Waals surface area contributed by atoms with Crippen LogP contribution in [0.4, 0.5) is 0 Å². The number of phenolic OH excluding ortho intramolecular Hbond substituents is 1. The van der Waals surface area contributed by atoms with Gasteiger partial charge in [0.2, 0.25) is 0 Å². The molecule has 51 heavy (non-hydrogen) atoms. The predicted molar refractivity (Wildman–Crippen MR) is 215 cm³/mol. The average molecular weight is 651 g/mol. The molecule has 1 aliphatic heterocycles. The number of hydrogen-bond acceptors (Lipinski definition) is 2. The maximum Gasteiger partial charge on any atom is 0.250 e. The maximum atomic E-state index is 11.0. The number of fused-ring (bicyclic) bond motifs is 8. The van der Waals surface area contributed by atoms with Crippen LogP contribution in [0.15, 0.2) is 182 Å². The number of rotatable bonds is 4. The Hall–Kier alpha value is -6.58. The summed E-state index contributed by atoms with van der Waals surface area (Å²) in [5, 5.41) is 18.5. The standard InChI is InChI=1S/C48H31BO2/c50-38-27-35(26-36(28-38)33-21-23-43-41-17-5-4-15-39(41)40-16-6-7-18-42(40)44(43)29-33)32-12-10-11-31(25-32)34-22-24-46-48(30-34)51-47-20-9-8-19-45(47)49(46)37-13-2-1-3-14-37/h1-30,50H. The van der Waals surface area contributed by atoms with E-state index >= 15 is 0 Å². The van der Waals surface area contributed by atoms with Crippen molar-refractivity contribution in [1.29, 1.82) is 0 Å². The lowest BCUT2D eigenvalue weighted by molar-refractivity contribution is 0.476. The van der Waals surface area contributed by atoms with Gasteiger partial charge in [-0.2, -0.15) is 0 Å². The predicted octanol–water partition coefficient (Wildman–Crippen LogP) is 10.5. The lowest BCUT2D eigenvalue weighted by atomic mass is 9.36. The molecule has 0 unspecified atom stereocenters. The van der Waals surface area contributed by atoms with Crippen LogP contribution in [-0.4, -0.2) is 11.8 Å². The first-order chi connectivity index (χ1) is 25.2. The second-order valence-corrected chi connectivity index (χ2v) is 13.4. The Morgan fingerprint density at radius 2 is 0.843 bits per heavy atom. The molecule has 9 aromatic carbocycles. The van der Waals surface area contributed by atoms with Crippen molar-refractivity contribution in [3.05, 3.63) is 182 Å². The van der Waals surface area contributed by atoms with Crippen LogP contribution in [0, 0.1) is 0 Å². The highest BCUT2D eigenvalue weighted by Crippen LogP contribution is 2.39. The van der Waals surface area contributed by atoms with Crippen LogP contribution < -0.4 is 21.1 Å². The molecule has 0 spiro atoms. The van der Waals surface area contributed by atoms with E-state index in [0.29, 0.717) is 0 Å². The summed E-state index contributed by atoms with van der Waals surface area (Å²) < 4.78 is 6.53. The first-order valence-corrected chi connectivity index (χ1v) is 17.4. The van der Waals surface area contributed by atoms with Gasteiger partial charge < -0.3 is 9.84 Å². The Morgan fingerprint density at radius 1 is 0.333 bits per heavy atom. The van der Waals surface area contributed by atoms with Crippen LogP contribution in [0.3, 0.4) is 0 Å². The third-order valence-corrected chi connectivity index (χ3v) is 10.4. The number of ether oxygens (including phenoxy) is 1. The molecular formula is C48H31BO2. The zero-order chi connectivity index (χ0) is 33.9. The molecule has 1 heterocycles. The summed E-state index contributed by atoms with van der Waals surface area (Å²) in [7, 11) is 0. The lowest BCUT2D eigenvalue weighted by Crippen LogP contribution is -2.54. The summed E-state index contributed by atoms with van der Waals surface area (Å²) in [4.78, 5) is 0. The van der Waals surface area contributed by atoms with E-state index in [2.05, 4.69) is 164 Å². The fourth-order valence-electron chi connectivity index (χ4n) is 8.05. The number of hydrogen-bond donors (Lipinski definition) is 1. The second-order valence-electron chi connectivity index (χ2n) is 13.4. The second kappa shape index (κ2) is 11.8. The zero-order valence-corrected chi connectivity index (χ0v) is 27.8. The van der Waals surface area contributed by atoms with Gasteiger partial charge in [-0.15, -0.1) is 0 Å². The molecule has 0 saturated heterocycles. The molecule has 0 radical (unpaired) electrons. The summed E-state index contributed by atoms with van der Waals surface area (Å²) in [5.74, 6) is 2.01. The minimum Gasteiger partial charge on any atom is -0.508 e. The average Bonchev–Trinajstić information content (AvgIpc) is 3.20. The van der Waals surface area contributed by atoms with E-state index in [1.54, 1.807) is 0 Å². The minimum atomic E-state index is 0.101. The molecule has 0 aliphatic carbocycles.